The first-order chi connectivity index (χ1) is 16.2. The Morgan fingerprint density at radius 1 is 1.06 bits per heavy atom. The summed E-state index contributed by atoms with van der Waals surface area (Å²) in [5.41, 5.74) is 3.02. The summed E-state index contributed by atoms with van der Waals surface area (Å²) in [5, 5.41) is 18.9. The number of sulfonamides is 1. The van der Waals surface area contributed by atoms with Crippen LogP contribution < -0.4 is 25.6 Å². The summed E-state index contributed by atoms with van der Waals surface area (Å²) in [6.07, 6.45) is 1.01. The Morgan fingerprint density at radius 2 is 1.77 bits per heavy atom. The third-order valence-corrected chi connectivity index (χ3v) is 5.76. The number of rotatable bonds is 8. The van der Waals surface area contributed by atoms with Gasteiger partial charge in [0.1, 0.15) is 5.75 Å². The Kier molecular flexibility index (Phi) is 8.54. The predicted octanol–water partition coefficient (Wildman–Crippen LogP) is 3.30. The third-order valence-electron chi connectivity index (χ3n) is 4.71. The minimum Gasteiger partial charge on any atom is -0.576 e. The van der Waals surface area contributed by atoms with Crippen molar-refractivity contribution in [2.45, 2.75) is 25.3 Å². The van der Waals surface area contributed by atoms with Gasteiger partial charge in [-0.1, -0.05) is 12.1 Å². The summed E-state index contributed by atoms with van der Waals surface area (Å²) in [4.78, 5) is 8.03. The number of aromatic nitrogens is 4. The molecule has 0 unspecified atom stereocenters. The fraction of sp³-hybridized carbons (Fsp3) is 0.136. The van der Waals surface area contributed by atoms with Gasteiger partial charge in [-0.25, -0.2) is 22.9 Å². The Morgan fingerprint density at radius 3 is 2.43 bits per heavy atom. The van der Waals surface area contributed by atoms with Crippen LogP contribution in [-0.4, -0.2) is 23.5 Å². The SMILES string of the molecule is Cc1cc(COc2ccc(Nc3nc(Nc4ccc(C)c(S(N)(=O)=O)c4)ncc3F)cc2)[n-]n1.[Y]. The molecule has 4 N–H and O–H groups in total. The molecule has 4 rings (SSSR count). The molecule has 10 nitrogen and oxygen atoms in total. The molecule has 179 valence electrons. The molecule has 13 heteroatoms. The minimum atomic E-state index is -3.90. The van der Waals surface area contributed by atoms with Crippen molar-refractivity contribution in [2.75, 3.05) is 10.6 Å². The average Bonchev–Trinajstić information content (AvgIpc) is 3.21. The molecule has 1 radical (unpaired) electrons. The molecule has 0 aliphatic heterocycles. The van der Waals surface area contributed by atoms with Gasteiger partial charge in [-0.3, -0.25) is 0 Å². The number of halogens is 1. The van der Waals surface area contributed by atoms with Crippen molar-refractivity contribution in [1.29, 1.82) is 0 Å². The molecule has 0 amide bonds. The van der Waals surface area contributed by atoms with Gasteiger partial charge < -0.3 is 25.6 Å². The van der Waals surface area contributed by atoms with Crippen molar-refractivity contribution in [3.63, 3.8) is 0 Å². The zero-order valence-corrected chi connectivity index (χ0v) is 22.5. The van der Waals surface area contributed by atoms with Crippen LogP contribution in [0.2, 0.25) is 0 Å². The normalized spacial score (nSPS) is 11.0. The van der Waals surface area contributed by atoms with Crippen LogP contribution in [0.25, 0.3) is 0 Å². The van der Waals surface area contributed by atoms with Crippen LogP contribution >= 0.6 is 0 Å². The number of nitrogens with one attached hydrogen (secondary N) is 2. The standard InChI is InChI=1S/C22H21FN7O3S.Y/c1-13-3-4-16(10-20(13)34(24,31)32)27-22-25-11-19(23)21(28-22)26-15-5-7-18(8-6-15)33-12-17-9-14(2)29-30-17;/h3-11H,12H2,1-2H3,(H4-,24,25,26,27,28,29,30,31,32);/q-1;. The number of benzene rings is 2. The number of hydrogen-bond donors (Lipinski definition) is 3. The topological polar surface area (TPSA) is 146 Å². The van der Waals surface area contributed by atoms with Gasteiger partial charge in [0, 0.05) is 49.8 Å². The molecule has 0 saturated heterocycles. The first-order valence-corrected chi connectivity index (χ1v) is 11.6. The molecule has 2 heterocycles. The first-order valence-electron chi connectivity index (χ1n) is 10.1. The van der Waals surface area contributed by atoms with E-state index < -0.39 is 15.8 Å². The number of hydrogen-bond acceptors (Lipinski definition) is 8. The van der Waals surface area contributed by atoms with Crippen molar-refractivity contribution in [2.24, 2.45) is 5.14 Å². The van der Waals surface area contributed by atoms with Gasteiger partial charge in [0.05, 0.1) is 17.7 Å². The maximum atomic E-state index is 14.3. The second-order valence-electron chi connectivity index (χ2n) is 7.46. The van der Waals surface area contributed by atoms with E-state index in [-0.39, 0.29) is 56.0 Å². The summed E-state index contributed by atoms with van der Waals surface area (Å²) in [6, 6.07) is 13.3. The van der Waals surface area contributed by atoms with E-state index >= 15 is 0 Å². The molecular formula is C22H21FN7O3SY-. The van der Waals surface area contributed by atoms with Crippen LogP contribution in [0.15, 0.2) is 59.6 Å². The van der Waals surface area contributed by atoms with Gasteiger partial charge in [0.15, 0.2) is 11.6 Å². The maximum absolute atomic E-state index is 14.3. The van der Waals surface area contributed by atoms with E-state index in [1.165, 1.54) is 6.07 Å². The largest absolute Gasteiger partial charge is 0.576 e. The molecule has 0 saturated carbocycles. The van der Waals surface area contributed by atoms with Gasteiger partial charge in [-0.05, 0) is 55.8 Å². The molecule has 35 heavy (non-hydrogen) atoms. The number of nitrogens with two attached hydrogens (primary N) is 1. The summed E-state index contributed by atoms with van der Waals surface area (Å²) in [5.74, 6) is -0.0430. The molecule has 0 spiro atoms. The van der Waals surface area contributed by atoms with Gasteiger partial charge in [-0.15, -0.1) is 5.69 Å². The second-order valence-corrected chi connectivity index (χ2v) is 8.99. The van der Waals surface area contributed by atoms with E-state index in [9.17, 15) is 12.8 Å². The van der Waals surface area contributed by atoms with Crippen molar-refractivity contribution in [3.05, 3.63) is 77.5 Å². The van der Waals surface area contributed by atoms with Crippen LogP contribution in [0, 0.1) is 19.7 Å². The first kappa shape index (κ1) is 26.7. The average molecular weight is 571 g/mol. The Labute approximate surface area is 226 Å². The molecule has 0 fully saturated rings. The van der Waals surface area contributed by atoms with E-state index in [1.807, 2.05) is 13.0 Å². The molecule has 4 aromatic rings. The Hall–Kier alpha value is -2.93. The summed E-state index contributed by atoms with van der Waals surface area (Å²) in [7, 11) is -3.90. The van der Waals surface area contributed by atoms with Crippen LogP contribution in [-0.2, 0) is 49.3 Å². The van der Waals surface area contributed by atoms with Gasteiger partial charge in [0.2, 0.25) is 16.0 Å². The van der Waals surface area contributed by atoms with E-state index in [0.717, 1.165) is 17.6 Å². The number of aryl methyl sites for hydroxylation is 2. The van der Waals surface area contributed by atoms with Crippen molar-refractivity contribution in [1.82, 2.24) is 20.2 Å². The van der Waals surface area contributed by atoms with Crippen LogP contribution in [0.4, 0.5) is 27.5 Å². The number of anilines is 4. The second kappa shape index (κ2) is 11.2. The number of ether oxygens (including phenoxy) is 1. The summed E-state index contributed by atoms with van der Waals surface area (Å²) >= 11 is 0. The zero-order valence-electron chi connectivity index (χ0n) is 18.9. The van der Waals surface area contributed by atoms with Gasteiger partial charge in [0.25, 0.3) is 0 Å². The molecular weight excluding hydrogens is 550 g/mol. The number of nitrogens with zero attached hydrogens (tertiary/aromatic N) is 4. The van der Waals surface area contributed by atoms with Crippen molar-refractivity contribution < 1.29 is 50.3 Å². The van der Waals surface area contributed by atoms with Crippen molar-refractivity contribution >= 4 is 33.2 Å². The molecule has 0 aliphatic carbocycles. The van der Waals surface area contributed by atoms with Crippen LogP contribution in [0.5, 0.6) is 5.75 Å². The van der Waals surface area contributed by atoms with Gasteiger partial charge >= 0.3 is 0 Å². The number of primary sulfonamides is 1. The molecule has 2 aromatic heterocycles. The Bertz CT molecular complexity index is 1430. The Balaban J connectivity index is 0.00000342. The minimum absolute atomic E-state index is 0. The smallest absolute Gasteiger partial charge is 0.238 e. The fourth-order valence-electron chi connectivity index (χ4n) is 3.07. The molecule has 0 aliphatic rings. The quantitative estimate of drug-likeness (QED) is 0.290. The fourth-order valence-corrected chi connectivity index (χ4v) is 3.88. The van der Waals surface area contributed by atoms with E-state index in [0.29, 0.717) is 22.7 Å². The predicted molar refractivity (Wildman–Crippen MR) is 124 cm³/mol. The van der Waals surface area contributed by atoms with E-state index in [4.69, 9.17) is 9.88 Å². The molecule has 0 atom stereocenters. The monoisotopic (exact) mass is 571 g/mol. The van der Waals surface area contributed by atoms with Crippen molar-refractivity contribution in [3.8, 4) is 5.75 Å². The zero-order chi connectivity index (χ0) is 24.3. The van der Waals surface area contributed by atoms with E-state index in [1.54, 1.807) is 43.3 Å². The molecule has 0 bridgehead atoms. The summed E-state index contributed by atoms with van der Waals surface area (Å²) < 4.78 is 43.5. The molecule has 2 aromatic carbocycles. The third kappa shape index (κ3) is 7.04. The van der Waals surface area contributed by atoms with Gasteiger partial charge in [-0.2, -0.15) is 4.98 Å². The van der Waals surface area contributed by atoms with Crippen LogP contribution in [0.1, 0.15) is 17.0 Å². The maximum Gasteiger partial charge on any atom is 0.238 e. The van der Waals surface area contributed by atoms with Crippen LogP contribution in [0.3, 0.4) is 0 Å². The summed E-state index contributed by atoms with van der Waals surface area (Å²) in [6.45, 7) is 3.77. The van der Waals surface area contributed by atoms with E-state index in [2.05, 4.69) is 30.8 Å².